The molecule has 5 rings (SSSR count). The quantitative estimate of drug-likeness (QED) is 0.221. The first-order valence-electron chi connectivity index (χ1n) is 16.5. The number of aliphatic hydroxyl groups is 2. The van der Waals surface area contributed by atoms with Crippen LogP contribution in [0.4, 0.5) is 0 Å². The van der Waals surface area contributed by atoms with Gasteiger partial charge in [0.25, 0.3) is 0 Å². The minimum absolute atomic E-state index is 0.0611. The Balaban J connectivity index is 1.81. The summed E-state index contributed by atoms with van der Waals surface area (Å²) >= 11 is 0. The maximum atomic E-state index is 15.1. The zero-order valence-electron chi connectivity index (χ0n) is 28.3. The van der Waals surface area contributed by atoms with Crippen LogP contribution in [0.5, 0.6) is 0 Å². The number of carbonyl (C=O) groups excluding carboxylic acids is 2. The van der Waals surface area contributed by atoms with E-state index >= 15 is 4.79 Å². The van der Waals surface area contributed by atoms with Crippen molar-refractivity contribution < 1.29 is 43.2 Å². The summed E-state index contributed by atoms with van der Waals surface area (Å²) in [6.45, 7) is 13.9. The second-order valence-corrected chi connectivity index (χ2v) is 19.1. The number of ketones is 1. The van der Waals surface area contributed by atoms with Crippen molar-refractivity contribution in [2.45, 2.75) is 121 Å². The molecule has 9 nitrogen and oxygen atoms in total. The summed E-state index contributed by atoms with van der Waals surface area (Å²) in [5, 5.41) is 25.9. The Morgan fingerprint density at radius 1 is 1.02 bits per heavy atom. The number of benzene rings is 1. The zero-order chi connectivity index (χ0) is 33.2. The fourth-order valence-electron chi connectivity index (χ4n) is 9.19. The lowest BCUT2D eigenvalue weighted by Crippen LogP contribution is -2.81. The van der Waals surface area contributed by atoms with Crippen molar-refractivity contribution in [3.63, 3.8) is 0 Å². The Labute approximate surface area is 268 Å². The minimum Gasteiger partial charge on any atom is -0.455 e. The van der Waals surface area contributed by atoms with E-state index in [1.165, 1.54) is 14.2 Å². The average molecular weight is 645 g/mol. The number of carbonyl (C=O) groups is 2. The highest BCUT2D eigenvalue weighted by Gasteiger charge is 2.76. The molecule has 3 aliphatic carbocycles. The maximum Gasteiger partial charge on any atom is 0.338 e. The number of hydrogen-bond acceptors (Lipinski definition) is 9. The maximum absolute atomic E-state index is 15.1. The summed E-state index contributed by atoms with van der Waals surface area (Å²) < 4.78 is 31.5. The van der Waals surface area contributed by atoms with Gasteiger partial charge in [-0.1, -0.05) is 52.8 Å². The Kier molecular flexibility index (Phi) is 9.14. The number of methoxy groups -OCH3 is 2. The van der Waals surface area contributed by atoms with Crippen LogP contribution >= 0.6 is 0 Å². The van der Waals surface area contributed by atoms with Crippen molar-refractivity contribution in [3.05, 3.63) is 47.0 Å². The molecule has 1 heterocycles. The van der Waals surface area contributed by atoms with Crippen LogP contribution in [-0.2, 0) is 28.2 Å². The number of Topliss-reactive ketones (excluding diaryl/α,β-unsaturated/α-hetero) is 1. The van der Waals surface area contributed by atoms with Gasteiger partial charge in [-0.3, -0.25) is 4.79 Å². The molecule has 10 heteroatoms. The van der Waals surface area contributed by atoms with Crippen LogP contribution in [0.2, 0.25) is 18.1 Å². The van der Waals surface area contributed by atoms with E-state index in [0.29, 0.717) is 11.1 Å². The van der Waals surface area contributed by atoms with Crippen LogP contribution in [0.1, 0.15) is 71.7 Å². The van der Waals surface area contributed by atoms with Gasteiger partial charge in [-0.05, 0) is 55.3 Å². The first kappa shape index (κ1) is 34.4. The van der Waals surface area contributed by atoms with Crippen molar-refractivity contribution >= 4 is 20.1 Å². The van der Waals surface area contributed by atoms with Gasteiger partial charge in [0.2, 0.25) is 0 Å². The van der Waals surface area contributed by atoms with Gasteiger partial charge in [-0.25, -0.2) is 4.79 Å². The normalized spacial score (nSPS) is 39.2. The zero-order valence-corrected chi connectivity index (χ0v) is 29.3. The van der Waals surface area contributed by atoms with Crippen molar-refractivity contribution in [3.8, 4) is 0 Å². The molecule has 2 saturated carbocycles. The summed E-state index contributed by atoms with van der Waals surface area (Å²) in [7, 11) is 0.821. The molecule has 0 spiro atoms. The molecule has 0 amide bonds. The van der Waals surface area contributed by atoms with Crippen LogP contribution in [-0.4, -0.2) is 92.8 Å². The summed E-state index contributed by atoms with van der Waals surface area (Å²) in [6, 6.07) is 11.3. The van der Waals surface area contributed by atoms with Gasteiger partial charge < -0.3 is 33.6 Å². The van der Waals surface area contributed by atoms with Crippen LogP contribution < -0.4 is 0 Å². The highest BCUT2D eigenvalue weighted by atomic mass is 28.4. The Morgan fingerprint density at radius 3 is 2.16 bits per heavy atom. The number of rotatable bonds is 9. The minimum atomic E-state index is -2.22. The predicted molar refractivity (Wildman–Crippen MR) is 171 cm³/mol. The van der Waals surface area contributed by atoms with Crippen molar-refractivity contribution in [2.24, 2.45) is 16.7 Å². The van der Waals surface area contributed by atoms with Gasteiger partial charge in [0.15, 0.2) is 14.1 Å². The highest BCUT2D eigenvalue weighted by Crippen LogP contribution is 2.64. The first-order chi connectivity index (χ1) is 21.2. The lowest BCUT2D eigenvalue weighted by molar-refractivity contribution is -0.345. The SMILES string of the molecule is CC[Si](CC)(CC)O[C@H]1C[C@@]2(O)[C@@H](OC(=O)c3ccccc3)C3[C@]4(O)CO[C@@H]4C[C@H](OC)[C@@]3(C)C(=O)[C@H](OC)C(=C1C)C2(C)C. The number of ether oxygens (including phenoxy) is 4. The molecule has 1 aromatic rings. The molecule has 2 bridgehead atoms. The lowest BCUT2D eigenvalue weighted by Gasteiger charge is -2.67. The van der Waals surface area contributed by atoms with Crippen LogP contribution in [0, 0.1) is 16.7 Å². The molecular formula is C35H52O9Si. The standard InChI is InChI=1S/C35H52O9Si/c1-10-45(11-2,12-3)44-23-19-35(39)30(43-31(37)22-16-14-13-15-17-22)28-33(7,24(40-8)18-25-34(28,38)20-42-25)29(36)27(41-9)26(21(23)4)32(35,5)6/h13-17,23-25,27-28,30,38-39H,10-12,18-20H2,1-9H3/t23-,24-,25+,27+,28?,30-,33+,34-,35+/m0/s1. The molecule has 3 fully saturated rings. The molecule has 250 valence electrons. The molecule has 9 atom stereocenters. The number of fused-ring (bicyclic) bond motifs is 5. The van der Waals surface area contributed by atoms with Crippen LogP contribution in [0.15, 0.2) is 41.5 Å². The van der Waals surface area contributed by atoms with E-state index in [0.717, 1.165) is 23.7 Å². The van der Waals surface area contributed by atoms with Gasteiger partial charge >= 0.3 is 5.97 Å². The third-order valence-corrected chi connectivity index (χ3v) is 17.1. The number of hydrogen-bond donors (Lipinski definition) is 2. The molecule has 1 aromatic carbocycles. The molecule has 0 radical (unpaired) electrons. The van der Waals surface area contributed by atoms with E-state index in [1.54, 1.807) is 37.3 Å². The highest BCUT2D eigenvalue weighted by molar-refractivity contribution is 6.73. The molecular weight excluding hydrogens is 592 g/mol. The van der Waals surface area contributed by atoms with E-state index in [1.807, 2.05) is 20.8 Å². The van der Waals surface area contributed by atoms with Gasteiger partial charge in [0.05, 0.1) is 35.9 Å². The molecule has 45 heavy (non-hydrogen) atoms. The fourth-order valence-corrected chi connectivity index (χ4v) is 12.1. The number of esters is 1. The topological polar surface area (TPSA) is 121 Å². The summed E-state index contributed by atoms with van der Waals surface area (Å²) in [5.74, 6) is -2.00. The largest absolute Gasteiger partial charge is 0.455 e. The van der Waals surface area contributed by atoms with Gasteiger partial charge in [0.1, 0.15) is 23.4 Å². The van der Waals surface area contributed by atoms with Gasteiger partial charge in [-0.2, -0.15) is 0 Å². The average Bonchev–Trinajstić information content (AvgIpc) is 3.02. The van der Waals surface area contributed by atoms with E-state index < -0.39 is 72.8 Å². The van der Waals surface area contributed by atoms with E-state index in [4.69, 9.17) is 23.4 Å². The van der Waals surface area contributed by atoms with Gasteiger partial charge in [-0.15, -0.1) is 0 Å². The Hall–Kier alpha value is -1.92. The summed E-state index contributed by atoms with van der Waals surface area (Å²) in [5.41, 5.74) is -4.08. The predicted octanol–water partition coefficient (Wildman–Crippen LogP) is 4.85. The van der Waals surface area contributed by atoms with E-state index in [-0.39, 0.29) is 25.2 Å². The second kappa shape index (κ2) is 12.0. The van der Waals surface area contributed by atoms with E-state index in [9.17, 15) is 15.0 Å². The molecule has 0 aromatic heterocycles. The lowest BCUT2D eigenvalue weighted by atomic mass is 9.44. The fraction of sp³-hybridized carbons (Fsp3) is 0.714. The van der Waals surface area contributed by atoms with Crippen molar-refractivity contribution in [1.29, 1.82) is 0 Å². The Morgan fingerprint density at radius 2 is 1.64 bits per heavy atom. The molecule has 4 aliphatic rings. The molecule has 1 saturated heterocycles. The van der Waals surface area contributed by atoms with Crippen LogP contribution in [0.3, 0.4) is 0 Å². The van der Waals surface area contributed by atoms with Crippen molar-refractivity contribution in [1.82, 2.24) is 0 Å². The molecule has 2 N–H and O–H groups in total. The monoisotopic (exact) mass is 644 g/mol. The smallest absolute Gasteiger partial charge is 0.338 e. The van der Waals surface area contributed by atoms with Crippen LogP contribution in [0.25, 0.3) is 0 Å². The second-order valence-electron chi connectivity index (χ2n) is 14.4. The van der Waals surface area contributed by atoms with E-state index in [2.05, 4.69) is 20.8 Å². The van der Waals surface area contributed by atoms with Crippen molar-refractivity contribution in [2.75, 3.05) is 20.8 Å². The third kappa shape index (κ3) is 4.85. The molecule has 1 unspecified atom stereocenters. The first-order valence-corrected chi connectivity index (χ1v) is 19.0. The summed E-state index contributed by atoms with van der Waals surface area (Å²) in [6.07, 6.45) is -3.88. The molecule has 1 aliphatic heterocycles. The third-order valence-electron chi connectivity index (χ3n) is 12.4. The summed E-state index contributed by atoms with van der Waals surface area (Å²) in [4.78, 5) is 29.1. The Bertz CT molecular complexity index is 1320. The van der Waals surface area contributed by atoms with Gasteiger partial charge in [0, 0.05) is 38.4 Å².